The van der Waals surface area contributed by atoms with E-state index in [-0.39, 0.29) is 0 Å². The average molecular weight is 1880 g/mol. The van der Waals surface area contributed by atoms with Crippen LogP contribution in [0.3, 0.4) is 0 Å². The fourth-order valence-electron chi connectivity index (χ4n) is 13.1. The number of halogens is 4. The summed E-state index contributed by atoms with van der Waals surface area (Å²) in [6.45, 7) is 52.1. The molecule has 0 fully saturated rings. The Balaban J connectivity index is -0.000000715. The van der Waals surface area contributed by atoms with Crippen LogP contribution in [0.5, 0.6) is 0 Å². The van der Waals surface area contributed by atoms with Crippen molar-refractivity contribution in [3.8, 4) is 0 Å². The first-order valence-electron chi connectivity index (χ1n) is 46.9. The molecule has 0 aliphatic carbocycles. The van der Waals surface area contributed by atoms with E-state index >= 15 is 0 Å². The largest absolute Gasteiger partial charge is 0.867 e. The number of benzene rings is 8. The number of diazo groups is 8. The Morgan fingerprint density at radius 3 is 0.265 bits per heavy atom. The van der Waals surface area contributed by atoms with Gasteiger partial charge in [0.1, 0.15) is 29.6 Å². The van der Waals surface area contributed by atoms with Crippen LogP contribution in [0.25, 0.3) is 39.8 Å². The first kappa shape index (κ1) is 129. The van der Waals surface area contributed by atoms with Gasteiger partial charge in [-0.1, -0.05) is 111 Å². The second-order valence-corrected chi connectivity index (χ2v) is 29.9. The van der Waals surface area contributed by atoms with Crippen LogP contribution in [-0.4, -0.2) is 134 Å². The predicted octanol–water partition coefficient (Wildman–Crippen LogP) is 21.0. The van der Waals surface area contributed by atoms with Gasteiger partial charge in [-0.25, -0.2) is 0 Å². The van der Waals surface area contributed by atoms with E-state index < -0.39 is 29.6 Å². The Kier molecular flexibility index (Phi) is 83.3. The third kappa shape index (κ3) is 65.7. The Morgan fingerprint density at radius 2 is 0.221 bits per heavy atom. The van der Waals surface area contributed by atoms with Crippen molar-refractivity contribution in [3.63, 3.8) is 0 Å². The molecule has 0 bridgehead atoms. The Hall–Kier alpha value is -12.8. The summed E-state index contributed by atoms with van der Waals surface area (Å²) in [4.78, 5) is 43.9. The van der Waals surface area contributed by atoms with Crippen LogP contribution in [0.1, 0.15) is 214 Å². The molecule has 0 aliphatic heterocycles. The molecule has 0 N–H and O–H groups in total. The van der Waals surface area contributed by atoms with E-state index in [2.05, 4.69) is 190 Å². The minimum Gasteiger partial charge on any atom is -0.867 e. The molecule has 0 aliphatic rings. The zero-order valence-corrected chi connectivity index (χ0v) is 82.9. The topological polar surface area (TPSA) is 436 Å². The molecule has 32 nitrogen and oxygen atoms in total. The molecule has 0 aromatic heterocycles. The summed E-state index contributed by atoms with van der Waals surface area (Å²) in [6.07, 6.45) is 18.3. The molecule has 40 heteroatoms. The molecule has 0 radical (unpaired) electrons. The second kappa shape index (κ2) is 87.5. The molecule has 136 heavy (non-hydrogen) atoms. The van der Waals surface area contributed by atoms with Gasteiger partial charge in [-0.2, -0.15) is 0 Å². The van der Waals surface area contributed by atoms with E-state index in [1.165, 1.54) is 45.5 Å². The van der Waals surface area contributed by atoms with Crippen LogP contribution in [0.4, 0.5) is 108 Å². The van der Waals surface area contributed by atoms with Crippen molar-refractivity contribution in [2.24, 2.45) is 0 Å². The number of hydrogen-bond acceptors (Lipinski definition) is 24. The van der Waals surface area contributed by atoms with Gasteiger partial charge in [0.2, 0.25) is 43.1 Å². The summed E-state index contributed by atoms with van der Waals surface area (Å²) in [5, 5.41) is 135. The predicted molar refractivity (Wildman–Crippen MR) is 539 cm³/mol. The van der Waals surface area contributed by atoms with E-state index in [9.17, 15) is 17.3 Å². The fraction of sp³-hybridized carbons (Fsp3) is 0.500. The van der Waals surface area contributed by atoms with E-state index in [0.717, 1.165) is 207 Å². The molecule has 8 aromatic carbocycles. The molecule has 0 saturated carbocycles. The molecule has 0 saturated heterocycles. The van der Waals surface area contributed by atoms with Crippen molar-refractivity contribution in [1.29, 1.82) is 43.1 Å². The number of nitrogens with zero attached hydrogens (tertiary/aromatic N) is 24. The molecule has 0 unspecified atom stereocenters. The van der Waals surface area contributed by atoms with Gasteiger partial charge in [-0.3, -0.25) is 0 Å². The van der Waals surface area contributed by atoms with Gasteiger partial charge < -0.3 is 96.7 Å². The molecule has 0 amide bonds. The van der Waals surface area contributed by atoms with Crippen molar-refractivity contribution < 1.29 is 57.5 Å². The van der Waals surface area contributed by atoms with Crippen LogP contribution in [0.15, 0.2) is 194 Å². The van der Waals surface area contributed by atoms with Gasteiger partial charge in [0, 0.05) is 247 Å². The van der Waals surface area contributed by atoms with Crippen molar-refractivity contribution in [1.82, 2.24) is 0 Å². The van der Waals surface area contributed by atoms with Crippen molar-refractivity contribution in [2.45, 2.75) is 214 Å². The van der Waals surface area contributed by atoms with Gasteiger partial charge in [-0.05, 0) is 200 Å². The summed E-state index contributed by atoms with van der Waals surface area (Å²) in [6, 6.07) is 61.2. The van der Waals surface area contributed by atoms with Crippen LogP contribution in [0.2, 0.25) is 0 Å². The maximum atomic E-state index is 9.89. The molecule has 0 spiro atoms. The SMILES string of the molecule is CCCN(CCC)c1ccc([N+]#N)cc1.CCCN(CCC)c1ccc([N+]#N)cc1.CCCN(CCC)c1ccc([N+]#N)cc1.CCCN(CCC)c1ccc([N+]#N)cc1.CCCN(CCC)c1ccc([N+]#N)cc1.CCCN(CCC)c1ccc([N+]#N)cc1.CCCN(CCC)c1ccc([N+]#N)cc1.CCCN(CCC)c1ccc([N+]#N)cc1.[O-]B([O-])F.[O-]B([O-])F.[O-]B([O-])F.[O-]B([O-])F. The minimum absolute atomic E-state index is 0.603. The Labute approximate surface area is 808 Å². The Morgan fingerprint density at radius 1 is 0.162 bits per heavy atom. The second-order valence-electron chi connectivity index (χ2n) is 29.9. The number of hydrogen-bond donors (Lipinski definition) is 0. The summed E-state index contributed by atoms with van der Waals surface area (Å²) < 4.78 is 39.6. The highest BCUT2D eigenvalue weighted by atomic mass is 19.1. The molecule has 8 rings (SSSR count). The average Bonchev–Trinajstić information content (AvgIpc) is 0.927. The van der Waals surface area contributed by atoms with E-state index in [1.54, 1.807) is 0 Å². The van der Waals surface area contributed by atoms with Gasteiger partial charge in [0.05, 0.1) is 0 Å². The lowest BCUT2D eigenvalue weighted by atomic mass is 10.2. The lowest BCUT2D eigenvalue weighted by Crippen LogP contribution is -2.39. The van der Waals surface area contributed by atoms with Crippen molar-refractivity contribution >= 4 is 121 Å². The lowest BCUT2D eigenvalue weighted by Gasteiger charge is -2.23. The van der Waals surface area contributed by atoms with E-state index in [1.807, 2.05) is 194 Å². The van der Waals surface area contributed by atoms with E-state index in [4.69, 9.17) is 83.3 Å². The zero-order chi connectivity index (χ0) is 103. The van der Waals surface area contributed by atoms with Gasteiger partial charge in [0.25, 0.3) is 0 Å². The standard InChI is InChI=1S/8C12H18N3.4BFO2/c8*1-3-9-15(10-4-2)12-7-5-11(14-13)6-8-12;4*2-1(3)4/h8*5-8H,3-4,9-10H2,1-2H3;;;;/q8*+1;4*-2. The van der Waals surface area contributed by atoms with E-state index in [0.29, 0.717) is 45.5 Å². The minimum atomic E-state index is -3.17. The highest BCUT2D eigenvalue weighted by molar-refractivity contribution is 6.27. The highest BCUT2D eigenvalue weighted by Gasteiger charge is 2.16. The normalized spacial score (nSPS) is 9.32. The van der Waals surface area contributed by atoms with Crippen LogP contribution in [-0.2, 0) is 0 Å². The van der Waals surface area contributed by atoms with Crippen LogP contribution >= 0.6 is 0 Å². The van der Waals surface area contributed by atoms with Crippen molar-refractivity contribution in [3.05, 3.63) is 234 Å². The molecular formula is C96H144B4F4N24O8. The third-order valence-corrected chi connectivity index (χ3v) is 18.5. The summed E-state index contributed by atoms with van der Waals surface area (Å²) in [7, 11) is -12.7. The zero-order valence-electron chi connectivity index (χ0n) is 82.9. The molecule has 0 heterocycles. The molecule has 8 aromatic rings. The fourth-order valence-corrected chi connectivity index (χ4v) is 13.1. The summed E-state index contributed by atoms with van der Waals surface area (Å²) in [5.74, 6) is 0. The first-order chi connectivity index (χ1) is 65.4. The molecule has 0 atom stereocenters. The van der Waals surface area contributed by atoms with Crippen LogP contribution in [0, 0.1) is 43.1 Å². The van der Waals surface area contributed by atoms with Gasteiger partial charge in [0.15, 0.2) is 39.8 Å². The lowest BCUT2D eigenvalue weighted by molar-refractivity contribution is -0.368. The molecular weight excluding hydrogens is 1740 g/mol. The Bertz CT molecular complexity index is 3660. The van der Waals surface area contributed by atoms with Gasteiger partial charge in [-0.15, -0.1) is 0 Å². The number of anilines is 8. The highest BCUT2D eigenvalue weighted by Crippen LogP contribution is 2.28. The smallest absolute Gasteiger partial charge is 0.385 e. The van der Waals surface area contributed by atoms with Crippen LogP contribution < -0.4 is 79.4 Å². The first-order valence-corrected chi connectivity index (χ1v) is 46.9. The van der Waals surface area contributed by atoms with Crippen molar-refractivity contribution in [2.75, 3.05) is 144 Å². The van der Waals surface area contributed by atoms with Gasteiger partial charge >= 0.3 is 45.5 Å². The number of rotatable bonds is 40. The monoisotopic (exact) mass is 1880 g/mol. The maximum Gasteiger partial charge on any atom is 0.385 e. The third-order valence-electron chi connectivity index (χ3n) is 18.5. The summed E-state index contributed by atoms with van der Waals surface area (Å²) >= 11 is 0. The molecule has 736 valence electrons. The quantitative estimate of drug-likeness (QED) is 0.0195. The summed E-state index contributed by atoms with van der Waals surface area (Å²) in [5.41, 5.74) is 14.4. The maximum absolute atomic E-state index is 9.89.